The number of hydrogen-bond donors (Lipinski definition) is 1. The van der Waals surface area contributed by atoms with Crippen molar-refractivity contribution in [2.45, 2.75) is 37.1 Å². The quantitative estimate of drug-likeness (QED) is 0.872. The molecular weight excluding hydrogens is 278 g/mol. The summed E-state index contributed by atoms with van der Waals surface area (Å²) in [6.45, 7) is 0.999. The monoisotopic (exact) mass is 301 g/mol. The Morgan fingerprint density at radius 1 is 1.45 bits per heavy atom. The molecule has 1 aliphatic carbocycles. The largest absolute Gasteiger partial charge is 0.497 e. The second-order valence-electron chi connectivity index (χ2n) is 6.39. The number of ether oxygens (including phenoxy) is 1. The number of benzene rings is 1. The molecule has 3 rings (SSSR count). The number of likely N-dealkylation sites (tertiary alicyclic amines) is 1. The van der Waals surface area contributed by atoms with Crippen LogP contribution in [-0.4, -0.2) is 42.7 Å². The number of piperidine rings is 1. The van der Waals surface area contributed by atoms with E-state index in [0.717, 1.165) is 43.6 Å². The van der Waals surface area contributed by atoms with Crippen LogP contribution in [0.3, 0.4) is 0 Å². The Morgan fingerprint density at radius 3 is 3.00 bits per heavy atom. The number of likely N-dealkylation sites (N-methyl/N-ethyl adjacent to an activating group) is 1. The third-order valence-corrected chi connectivity index (χ3v) is 5.32. The third-order valence-electron chi connectivity index (χ3n) is 5.32. The zero-order chi connectivity index (χ0) is 15.7. The normalized spacial score (nSPS) is 30.3. The summed E-state index contributed by atoms with van der Waals surface area (Å²) in [4.78, 5) is 13.7. The summed E-state index contributed by atoms with van der Waals surface area (Å²) in [6.07, 6.45) is 5.61. The molecule has 1 N–H and O–H groups in total. The van der Waals surface area contributed by atoms with Gasteiger partial charge in [0.1, 0.15) is 5.75 Å². The van der Waals surface area contributed by atoms with Gasteiger partial charge >= 0.3 is 5.97 Å². The molecule has 0 spiro atoms. The standard InChI is InChI=1S/C18H23NO3/c1-19-10-9-18(13-5-3-6-14(11-13)22-2)8-4-7-16(19)15(18)12-17(20)21/h3,5-6,11-12,16H,4,7-10H2,1-2H3,(H,20,21)/b15-12+. The number of aliphatic carboxylic acids is 1. The lowest BCUT2D eigenvalue weighted by atomic mass is 9.60. The number of nitrogens with zero attached hydrogens (tertiary/aromatic N) is 1. The van der Waals surface area contributed by atoms with Gasteiger partial charge in [-0.05, 0) is 56.1 Å². The molecule has 1 aromatic rings. The Labute approximate surface area is 131 Å². The topological polar surface area (TPSA) is 49.8 Å². The summed E-state index contributed by atoms with van der Waals surface area (Å²) in [5, 5.41) is 9.35. The second kappa shape index (κ2) is 5.76. The molecule has 2 fully saturated rings. The van der Waals surface area contributed by atoms with Gasteiger partial charge in [-0.3, -0.25) is 4.90 Å². The third kappa shape index (κ3) is 2.41. The molecule has 4 nitrogen and oxygen atoms in total. The van der Waals surface area contributed by atoms with Crippen molar-refractivity contribution in [2.24, 2.45) is 0 Å². The molecule has 1 heterocycles. The molecule has 0 radical (unpaired) electrons. The predicted octanol–water partition coefficient (Wildman–Crippen LogP) is 2.83. The molecule has 2 atom stereocenters. The number of rotatable bonds is 3. The van der Waals surface area contributed by atoms with Crippen LogP contribution in [0.25, 0.3) is 0 Å². The maximum atomic E-state index is 11.4. The zero-order valence-corrected chi connectivity index (χ0v) is 13.2. The maximum Gasteiger partial charge on any atom is 0.328 e. The Hall–Kier alpha value is -1.81. The summed E-state index contributed by atoms with van der Waals surface area (Å²) in [5.41, 5.74) is 2.10. The fourth-order valence-corrected chi connectivity index (χ4v) is 4.21. The molecule has 118 valence electrons. The van der Waals surface area contributed by atoms with Crippen molar-refractivity contribution in [3.05, 3.63) is 41.5 Å². The summed E-state index contributed by atoms with van der Waals surface area (Å²) in [7, 11) is 3.77. The van der Waals surface area contributed by atoms with Crippen LogP contribution in [0.15, 0.2) is 35.9 Å². The fourth-order valence-electron chi connectivity index (χ4n) is 4.21. The number of fused-ring (bicyclic) bond motifs is 2. The van der Waals surface area contributed by atoms with E-state index in [9.17, 15) is 9.90 Å². The fraction of sp³-hybridized carbons (Fsp3) is 0.500. The smallest absolute Gasteiger partial charge is 0.328 e. The van der Waals surface area contributed by atoms with Gasteiger partial charge in [-0.1, -0.05) is 18.6 Å². The van der Waals surface area contributed by atoms with Gasteiger partial charge in [0.15, 0.2) is 0 Å². The molecule has 0 aromatic heterocycles. The highest BCUT2D eigenvalue weighted by molar-refractivity contribution is 5.82. The van der Waals surface area contributed by atoms with Crippen molar-refractivity contribution in [3.63, 3.8) is 0 Å². The van der Waals surface area contributed by atoms with E-state index < -0.39 is 5.97 Å². The maximum absolute atomic E-state index is 11.4. The summed E-state index contributed by atoms with van der Waals surface area (Å²) >= 11 is 0. The van der Waals surface area contributed by atoms with Crippen LogP contribution in [0.4, 0.5) is 0 Å². The lowest BCUT2D eigenvalue weighted by Crippen LogP contribution is -2.52. The Balaban J connectivity index is 2.12. The average Bonchev–Trinajstić information content (AvgIpc) is 2.51. The molecule has 22 heavy (non-hydrogen) atoms. The molecule has 0 amide bonds. The highest BCUT2D eigenvalue weighted by Gasteiger charge is 2.47. The first kappa shape index (κ1) is 15.1. The van der Waals surface area contributed by atoms with Gasteiger partial charge in [0, 0.05) is 17.5 Å². The van der Waals surface area contributed by atoms with Crippen LogP contribution in [0.2, 0.25) is 0 Å². The number of methoxy groups -OCH3 is 1. The van der Waals surface area contributed by atoms with Gasteiger partial charge in [-0.25, -0.2) is 4.79 Å². The highest BCUT2D eigenvalue weighted by atomic mass is 16.5. The van der Waals surface area contributed by atoms with E-state index in [0.29, 0.717) is 0 Å². The van der Waals surface area contributed by atoms with Crippen molar-refractivity contribution < 1.29 is 14.6 Å². The summed E-state index contributed by atoms with van der Waals surface area (Å²) in [5.74, 6) is -0.00734. The minimum absolute atomic E-state index is 0.150. The van der Waals surface area contributed by atoms with E-state index in [4.69, 9.17) is 4.74 Å². The predicted molar refractivity (Wildman–Crippen MR) is 85.3 cm³/mol. The first-order chi connectivity index (χ1) is 10.6. The van der Waals surface area contributed by atoms with E-state index in [1.165, 1.54) is 11.6 Å². The molecule has 1 aromatic carbocycles. The summed E-state index contributed by atoms with van der Waals surface area (Å²) < 4.78 is 5.37. The van der Waals surface area contributed by atoms with Crippen LogP contribution in [0.5, 0.6) is 5.75 Å². The van der Waals surface area contributed by atoms with E-state index >= 15 is 0 Å². The van der Waals surface area contributed by atoms with Crippen LogP contribution in [0, 0.1) is 0 Å². The minimum Gasteiger partial charge on any atom is -0.497 e. The molecule has 2 aliphatic rings. The van der Waals surface area contributed by atoms with Gasteiger partial charge in [0.05, 0.1) is 7.11 Å². The Kier molecular flexibility index (Phi) is 3.96. The zero-order valence-electron chi connectivity index (χ0n) is 13.2. The van der Waals surface area contributed by atoms with Crippen LogP contribution < -0.4 is 4.74 Å². The summed E-state index contributed by atoms with van der Waals surface area (Å²) in [6, 6.07) is 8.37. The number of carboxylic acid groups (broad SMARTS) is 1. The van der Waals surface area contributed by atoms with Crippen molar-refractivity contribution in [1.29, 1.82) is 0 Å². The van der Waals surface area contributed by atoms with Crippen molar-refractivity contribution >= 4 is 5.97 Å². The second-order valence-corrected chi connectivity index (χ2v) is 6.39. The van der Waals surface area contributed by atoms with Crippen LogP contribution in [-0.2, 0) is 10.2 Å². The average molecular weight is 301 g/mol. The van der Waals surface area contributed by atoms with Gasteiger partial charge in [-0.2, -0.15) is 0 Å². The highest BCUT2D eigenvalue weighted by Crippen LogP contribution is 2.50. The lowest BCUT2D eigenvalue weighted by molar-refractivity contribution is -0.131. The molecule has 1 saturated carbocycles. The van der Waals surface area contributed by atoms with Gasteiger partial charge in [0.25, 0.3) is 0 Å². The van der Waals surface area contributed by atoms with Crippen molar-refractivity contribution in [3.8, 4) is 5.75 Å². The van der Waals surface area contributed by atoms with Gasteiger partial charge in [-0.15, -0.1) is 0 Å². The first-order valence-electron chi connectivity index (χ1n) is 7.86. The molecule has 1 aliphatic heterocycles. The number of carbonyl (C=O) groups is 1. The van der Waals surface area contributed by atoms with Gasteiger partial charge in [0.2, 0.25) is 0 Å². The van der Waals surface area contributed by atoms with E-state index in [1.54, 1.807) is 7.11 Å². The molecule has 2 bridgehead atoms. The molecular formula is C18H23NO3. The van der Waals surface area contributed by atoms with E-state index in [2.05, 4.69) is 24.1 Å². The van der Waals surface area contributed by atoms with E-state index in [1.807, 2.05) is 12.1 Å². The first-order valence-corrected chi connectivity index (χ1v) is 7.86. The Bertz CT molecular complexity index is 610. The van der Waals surface area contributed by atoms with E-state index in [-0.39, 0.29) is 11.5 Å². The number of carboxylic acids is 1. The number of hydrogen-bond acceptors (Lipinski definition) is 3. The van der Waals surface area contributed by atoms with Crippen LogP contribution in [0.1, 0.15) is 31.2 Å². The van der Waals surface area contributed by atoms with Crippen LogP contribution >= 0.6 is 0 Å². The molecule has 2 unspecified atom stereocenters. The SMILES string of the molecule is COc1cccc(C23CCCC(/C2=C\C(=O)O)N(C)CC3)c1. The molecule has 1 saturated heterocycles. The lowest BCUT2D eigenvalue weighted by Gasteiger charge is -2.52. The van der Waals surface area contributed by atoms with Crippen molar-refractivity contribution in [2.75, 3.05) is 20.7 Å². The molecule has 4 heteroatoms. The van der Waals surface area contributed by atoms with Crippen molar-refractivity contribution in [1.82, 2.24) is 4.90 Å². The minimum atomic E-state index is -0.843. The Morgan fingerprint density at radius 2 is 2.27 bits per heavy atom. The van der Waals surface area contributed by atoms with Gasteiger partial charge < -0.3 is 9.84 Å².